The molecule has 2 aromatic carbocycles. The number of hydrogen-bond donors (Lipinski definition) is 1. The molecule has 0 aliphatic carbocycles. The molecule has 0 aromatic heterocycles. The highest BCUT2D eigenvalue weighted by atomic mass is 16.4. The molecule has 2 aromatic rings. The van der Waals surface area contributed by atoms with Gasteiger partial charge in [-0.25, -0.2) is 4.79 Å². The first-order valence-electron chi connectivity index (χ1n) is 6.65. The molecule has 0 aliphatic heterocycles. The van der Waals surface area contributed by atoms with E-state index in [4.69, 9.17) is 5.11 Å². The second-order valence-electron chi connectivity index (χ2n) is 4.84. The maximum atomic E-state index is 11.7. The lowest BCUT2D eigenvalue weighted by Crippen LogP contribution is -2.04. The Morgan fingerprint density at radius 3 is 2.10 bits per heavy atom. The molecule has 0 bridgehead atoms. The van der Waals surface area contributed by atoms with E-state index in [9.17, 15) is 9.59 Å². The predicted octanol–water partition coefficient (Wildman–Crippen LogP) is 3.50. The average Bonchev–Trinajstić information content (AvgIpc) is 2.48. The van der Waals surface area contributed by atoms with Crippen molar-refractivity contribution in [3.63, 3.8) is 0 Å². The number of rotatable bonds is 5. The van der Waals surface area contributed by atoms with Crippen molar-refractivity contribution in [3.8, 4) is 11.1 Å². The van der Waals surface area contributed by atoms with Gasteiger partial charge in [-0.15, -0.1) is 0 Å². The Morgan fingerprint density at radius 2 is 1.52 bits per heavy atom. The van der Waals surface area contributed by atoms with E-state index in [1.54, 1.807) is 0 Å². The first-order valence-corrected chi connectivity index (χ1v) is 6.65. The fourth-order valence-electron chi connectivity index (χ4n) is 2.00. The Balaban J connectivity index is 2.08. The third kappa shape index (κ3) is 4.14. The van der Waals surface area contributed by atoms with Gasteiger partial charge in [-0.1, -0.05) is 54.6 Å². The Hall–Kier alpha value is -2.68. The number of hydrogen-bond acceptors (Lipinski definition) is 2. The molecule has 1 N–H and O–H groups in total. The number of carboxylic acid groups (broad SMARTS) is 1. The molecular weight excluding hydrogens is 264 g/mol. The van der Waals surface area contributed by atoms with Gasteiger partial charge in [0.15, 0.2) is 5.78 Å². The molecule has 0 saturated heterocycles. The summed E-state index contributed by atoms with van der Waals surface area (Å²) in [6, 6.07) is 17.7. The van der Waals surface area contributed by atoms with Gasteiger partial charge in [0.1, 0.15) is 0 Å². The van der Waals surface area contributed by atoms with Crippen LogP contribution in [-0.2, 0) is 16.0 Å². The fraction of sp³-hybridized carbons (Fsp3) is 0.111. The summed E-state index contributed by atoms with van der Waals surface area (Å²) in [4.78, 5) is 22.4. The smallest absolute Gasteiger partial charge is 0.331 e. The van der Waals surface area contributed by atoms with Crippen LogP contribution >= 0.6 is 0 Å². The third-order valence-electron chi connectivity index (χ3n) is 3.15. The van der Waals surface area contributed by atoms with Gasteiger partial charge in [-0.3, -0.25) is 4.79 Å². The summed E-state index contributed by atoms with van der Waals surface area (Å²) < 4.78 is 0. The number of carbonyl (C=O) groups is 2. The zero-order valence-electron chi connectivity index (χ0n) is 11.7. The van der Waals surface area contributed by atoms with Gasteiger partial charge < -0.3 is 5.11 Å². The molecule has 0 radical (unpaired) electrons. The van der Waals surface area contributed by atoms with Gasteiger partial charge in [0.25, 0.3) is 0 Å². The summed E-state index contributed by atoms with van der Waals surface area (Å²) in [5.41, 5.74) is 3.14. The minimum absolute atomic E-state index is 0.0564. The van der Waals surface area contributed by atoms with Crippen molar-refractivity contribution in [3.05, 3.63) is 71.8 Å². The summed E-state index contributed by atoms with van der Waals surface area (Å²) in [6.45, 7) is 1.42. The van der Waals surface area contributed by atoms with E-state index < -0.39 is 5.97 Å². The van der Waals surface area contributed by atoms with Crippen molar-refractivity contribution in [2.45, 2.75) is 13.3 Å². The highest BCUT2D eigenvalue weighted by Gasteiger charge is 2.06. The molecule has 0 spiro atoms. The van der Waals surface area contributed by atoms with Crippen LogP contribution in [0.25, 0.3) is 11.1 Å². The Morgan fingerprint density at radius 1 is 0.952 bits per heavy atom. The first-order chi connectivity index (χ1) is 10.1. The molecule has 2 rings (SSSR count). The Labute approximate surface area is 123 Å². The maximum Gasteiger partial charge on any atom is 0.331 e. The lowest BCUT2D eigenvalue weighted by Gasteiger charge is -2.03. The quantitative estimate of drug-likeness (QED) is 0.853. The highest BCUT2D eigenvalue weighted by molar-refractivity contribution is 5.99. The molecule has 3 heteroatoms. The van der Waals surface area contributed by atoms with E-state index in [0.29, 0.717) is 0 Å². The first kappa shape index (κ1) is 14.7. The van der Waals surface area contributed by atoms with Crippen LogP contribution in [0.3, 0.4) is 0 Å². The molecule has 21 heavy (non-hydrogen) atoms. The molecule has 106 valence electrons. The van der Waals surface area contributed by atoms with Crippen LogP contribution in [-0.4, -0.2) is 16.9 Å². The van der Waals surface area contributed by atoms with E-state index >= 15 is 0 Å². The van der Waals surface area contributed by atoms with E-state index in [1.807, 2.05) is 54.6 Å². The van der Waals surface area contributed by atoms with Crippen LogP contribution in [0, 0.1) is 0 Å². The molecular formula is C18H16O3. The van der Waals surface area contributed by atoms with E-state index in [1.165, 1.54) is 13.0 Å². The van der Waals surface area contributed by atoms with Crippen LogP contribution in [0.1, 0.15) is 12.5 Å². The number of allylic oxidation sites excluding steroid dienone is 1. The van der Waals surface area contributed by atoms with Crippen LogP contribution in [0.4, 0.5) is 0 Å². The van der Waals surface area contributed by atoms with Gasteiger partial charge in [-0.2, -0.15) is 0 Å². The van der Waals surface area contributed by atoms with Crippen molar-refractivity contribution < 1.29 is 14.7 Å². The van der Waals surface area contributed by atoms with Crippen molar-refractivity contribution >= 4 is 11.8 Å². The van der Waals surface area contributed by atoms with Gasteiger partial charge in [-0.05, 0) is 29.7 Å². The number of benzene rings is 2. The lowest BCUT2D eigenvalue weighted by molar-refractivity contribution is -0.132. The van der Waals surface area contributed by atoms with Crippen LogP contribution in [0.15, 0.2) is 66.2 Å². The summed E-state index contributed by atoms with van der Waals surface area (Å²) in [5.74, 6) is -1.27. The van der Waals surface area contributed by atoms with Crippen LogP contribution in [0.2, 0.25) is 0 Å². The second kappa shape index (κ2) is 6.66. The molecule has 0 amide bonds. The molecule has 3 nitrogen and oxygen atoms in total. The summed E-state index contributed by atoms with van der Waals surface area (Å²) in [7, 11) is 0. The standard InChI is InChI=1S/C18H16O3/c1-13(18(20)21)11-17(19)12-14-7-9-16(10-8-14)15-5-3-2-4-6-15/h2-11H,12H2,1H3,(H,20,21)/b13-11+. The zero-order valence-corrected chi connectivity index (χ0v) is 11.7. The van der Waals surface area contributed by atoms with Crippen LogP contribution < -0.4 is 0 Å². The molecule has 0 atom stereocenters. The molecule has 0 fully saturated rings. The third-order valence-corrected chi connectivity index (χ3v) is 3.15. The zero-order chi connectivity index (χ0) is 15.2. The average molecular weight is 280 g/mol. The van der Waals surface area contributed by atoms with Crippen molar-refractivity contribution in [1.29, 1.82) is 0 Å². The largest absolute Gasteiger partial charge is 0.478 e. The lowest BCUT2D eigenvalue weighted by atomic mass is 10.0. The molecule has 0 heterocycles. The van der Waals surface area contributed by atoms with Gasteiger partial charge >= 0.3 is 5.97 Å². The summed E-state index contributed by atoms with van der Waals surface area (Å²) >= 11 is 0. The van der Waals surface area contributed by atoms with E-state index in [0.717, 1.165) is 16.7 Å². The molecule has 0 saturated carbocycles. The fourth-order valence-corrected chi connectivity index (χ4v) is 2.00. The van der Waals surface area contributed by atoms with Crippen molar-refractivity contribution in [2.75, 3.05) is 0 Å². The maximum absolute atomic E-state index is 11.7. The van der Waals surface area contributed by atoms with Crippen molar-refractivity contribution in [2.24, 2.45) is 0 Å². The van der Waals surface area contributed by atoms with Gasteiger partial charge in [0.2, 0.25) is 0 Å². The predicted molar refractivity (Wildman–Crippen MR) is 82.0 cm³/mol. The summed E-state index contributed by atoms with van der Waals surface area (Å²) in [5, 5.41) is 8.74. The number of aliphatic carboxylic acids is 1. The summed E-state index contributed by atoms with van der Waals surface area (Å²) in [6.07, 6.45) is 1.38. The second-order valence-corrected chi connectivity index (χ2v) is 4.84. The highest BCUT2D eigenvalue weighted by Crippen LogP contribution is 2.19. The monoisotopic (exact) mass is 280 g/mol. The van der Waals surface area contributed by atoms with Gasteiger partial charge in [0.05, 0.1) is 0 Å². The van der Waals surface area contributed by atoms with Crippen molar-refractivity contribution in [1.82, 2.24) is 0 Å². The van der Waals surface area contributed by atoms with E-state index in [-0.39, 0.29) is 17.8 Å². The Bertz CT molecular complexity index is 667. The normalized spacial score (nSPS) is 11.2. The number of carbonyl (C=O) groups excluding carboxylic acids is 1. The topological polar surface area (TPSA) is 54.4 Å². The molecule has 0 unspecified atom stereocenters. The van der Waals surface area contributed by atoms with Gasteiger partial charge in [0, 0.05) is 12.0 Å². The number of ketones is 1. The van der Waals surface area contributed by atoms with Crippen LogP contribution in [0.5, 0.6) is 0 Å². The van der Waals surface area contributed by atoms with E-state index in [2.05, 4.69) is 0 Å². The SMILES string of the molecule is C/C(=C\C(=O)Cc1ccc(-c2ccccc2)cc1)C(=O)O. The minimum Gasteiger partial charge on any atom is -0.478 e. The number of carboxylic acids is 1. The Kier molecular flexibility index (Phi) is 4.67. The minimum atomic E-state index is -1.07. The molecule has 0 aliphatic rings.